The van der Waals surface area contributed by atoms with Crippen LogP contribution in [0.4, 0.5) is 5.69 Å². The molecule has 1 aliphatic carbocycles. The zero-order valence-corrected chi connectivity index (χ0v) is 14.4. The summed E-state index contributed by atoms with van der Waals surface area (Å²) in [6.45, 7) is 0. The quantitative estimate of drug-likeness (QED) is 0.658. The highest BCUT2D eigenvalue weighted by Gasteiger charge is 2.41. The topological polar surface area (TPSA) is 3.24 Å². The van der Waals surface area contributed by atoms with Gasteiger partial charge in [0.15, 0.2) is 0 Å². The molecule has 2 fully saturated rings. The summed E-state index contributed by atoms with van der Waals surface area (Å²) in [5, 5.41) is 0. The molecule has 2 aliphatic rings. The summed E-state index contributed by atoms with van der Waals surface area (Å²) in [6, 6.07) is 8.65. The van der Waals surface area contributed by atoms with E-state index in [1.54, 1.807) is 11.8 Å². The van der Waals surface area contributed by atoms with E-state index >= 15 is 0 Å². The smallest absolute Gasteiger partial charge is 0.146 e. The van der Waals surface area contributed by atoms with E-state index in [9.17, 15) is 0 Å². The molecule has 1 aliphatic heterocycles. The molecule has 1 saturated carbocycles. The Morgan fingerprint density at radius 2 is 1.95 bits per heavy atom. The molecule has 1 nitrogen and oxygen atoms in total. The molecule has 0 N–H and O–H groups in total. The minimum absolute atomic E-state index is 0.310. The van der Waals surface area contributed by atoms with Crippen LogP contribution in [0.15, 0.2) is 28.7 Å². The van der Waals surface area contributed by atoms with Crippen LogP contribution in [0.1, 0.15) is 25.7 Å². The summed E-state index contributed by atoms with van der Waals surface area (Å²) < 4.78 is 3.04. The van der Waals surface area contributed by atoms with Gasteiger partial charge in [0, 0.05) is 10.2 Å². The van der Waals surface area contributed by atoms with E-state index in [1.165, 1.54) is 25.7 Å². The highest BCUT2D eigenvalue weighted by Crippen LogP contribution is 2.41. The van der Waals surface area contributed by atoms with E-state index in [1.807, 2.05) is 6.07 Å². The van der Waals surface area contributed by atoms with Crippen molar-refractivity contribution in [1.29, 1.82) is 0 Å². The Labute approximate surface area is 137 Å². The number of benzene rings is 1. The van der Waals surface area contributed by atoms with Crippen molar-refractivity contribution in [3.05, 3.63) is 28.7 Å². The average molecular weight is 372 g/mol. The Hall–Kier alpha value is 0.0300. The maximum absolute atomic E-state index is 5.59. The number of anilines is 1. The van der Waals surface area contributed by atoms with Gasteiger partial charge in [0.1, 0.15) is 4.32 Å². The van der Waals surface area contributed by atoms with Gasteiger partial charge in [-0.1, -0.05) is 71.0 Å². The first-order chi connectivity index (χ1) is 9.16. The normalized spacial score (nSPS) is 24.5. The third-order valence-corrected chi connectivity index (χ3v) is 6.08. The summed E-state index contributed by atoms with van der Waals surface area (Å²) >= 11 is 16.3. The Bertz CT molecular complexity index is 525. The predicted molar refractivity (Wildman–Crippen MR) is 95.2 cm³/mol. The second-order valence-electron chi connectivity index (χ2n) is 5.03. The van der Waals surface area contributed by atoms with Crippen LogP contribution in [0, 0.1) is 5.92 Å². The van der Waals surface area contributed by atoms with Gasteiger partial charge < -0.3 is 4.90 Å². The third kappa shape index (κ3) is 2.75. The molecule has 0 aromatic heterocycles. The van der Waals surface area contributed by atoms with Gasteiger partial charge in [0.05, 0.1) is 10.2 Å². The molecular formula is C14H14BrNS3. The highest BCUT2D eigenvalue weighted by molar-refractivity contribution is 9.10. The number of hydrogen-bond donors (Lipinski definition) is 0. The first-order valence-electron chi connectivity index (χ1n) is 6.47. The van der Waals surface area contributed by atoms with Crippen molar-refractivity contribution in [3.63, 3.8) is 0 Å². The predicted octanol–water partition coefficient (Wildman–Crippen LogP) is 5.17. The van der Waals surface area contributed by atoms with Crippen LogP contribution >= 0.6 is 52.1 Å². The average Bonchev–Trinajstić information content (AvgIpc) is 2.96. The van der Waals surface area contributed by atoms with Gasteiger partial charge >= 0.3 is 0 Å². The van der Waals surface area contributed by atoms with Crippen LogP contribution < -0.4 is 4.90 Å². The van der Waals surface area contributed by atoms with Crippen molar-refractivity contribution in [2.45, 2.75) is 31.7 Å². The second-order valence-corrected chi connectivity index (χ2v) is 8.32. The molecule has 1 atom stereocenters. The molecule has 1 aromatic carbocycles. The molecule has 1 heterocycles. The minimum atomic E-state index is 0.310. The summed E-state index contributed by atoms with van der Waals surface area (Å²) in [4.78, 5) is 2.27. The Balaban J connectivity index is 1.96. The molecule has 1 unspecified atom stereocenters. The second kappa shape index (κ2) is 5.80. The molecule has 1 aromatic rings. The van der Waals surface area contributed by atoms with Crippen LogP contribution in [0.3, 0.4) is 0 Å². The van der Waals surface area contributed by atoms with Gasteiger partial charge in [-0.2, -0.15) is 0 Å². The number of thiocarbonyl (C=S) groups is 2. The Morgan fingerprint density at radius 1 is 1.21 bits per heavy atom. The van der Waals surface area contributed by atoms with Crippen LogP contribution in [0.5, 0.6) is 0 Å². The maximum Gasteiger partial charge on any atom is 0.146 e. The van der Waals surface area contributed by atoms with Crippen molar-refractivity contribution in [2.24, 2.45) is 5.92 Å². The van der Waals surface area contributed by atoms with E-state index in [0.717, 1.165) is 18.7 Å². The molecule has 0 spiro atoms. The number of nitrogens with zero attached hydrogens (tertiary/aromatic N) is 1. The highest BCUT2D eigenvalue weighted by atomic mass is 79.9. The van der Waals surface area contributed by atoms with Crippen LogP contribution in [0.25, 0.3) is 0 Å². The molecule has 0 bridgehead atoms. The number of thioether (sulfide) groups is 1. The summed E-state index contributed by atoms with van der Waals surface area (Å²) in [7, 11) is 0. The largest absolute Gasteiger partial charge is 0.318 e. The molecule has 0 amide bonds. The lowest BCUT2D eigenvalue weighted by Crippen LogP contribution is -2.39. The fourth-order valence-electron chi connectivity index (χ4n) is 2.98. The van der Waals surface area contributed by atoms with Crippen LogP contribution in [-0.4, -0.2) is 14.6 Å². The first kappa shape index (κ1) is 14.0. The molecule has 100 valence electrons. The Morgan fingerprint density at radius 3 is 2.63 bits per heavy atom. The molecular weight excluding hydrogens is 358 g/mol. The Kier molecular flexibility index (Phi) is 4.27. The van der Waals surface area contributed by atoms with Gasteiger partial charge in [-0.15, -0.1) is 0 Å². The SMILES string of the molecule is S=C1SC(=S)N(c2cccc(Br)c2)C1C1CCCC1. The third-order valence-electron chi connectivity index (χ3n) is 3.84. The van der Waals surface area contributed by atoms with E-state index in [-0.39, 0.29) is 0 Å². The monoisotopic (exact) mass is 371 g/mol. The van der Waals surface area contributed by atoms with Gasteiger partial charge in [-0.25, -0.2) is 0 Å². The van der Waals surface area contributed by atoms with E-state index in [2.05, 4.69) is 39.0 Å². The van der Waals surface area contributed by atoms with Gasteiger partial charge in [0.25, 0.3) is 0 Å². The van der Waals surface area contributed by atoms with E-state index in [4.69, 9.17) is 24.4 Å². The van der Waals surface area contributed by atoms with Crippen LogP contribution in [-0.2, 0) is 0 Å². The summed E-state index contributed by atoms with van der Waals surface area (Å²) in [5.74, 6) is 0.666. The van der Waals surface area contributed by atoms with Crippen LogP contribution in [0.2, 0.25) is 0 Å². The summed E-state index contributed by atoms with van der Waals surface area (Å²) in [6.07, 6.45) is 5.21. The molecule has 19 heavy (non-hydrogen) atoms. The summed E-state index contributed by atoms with van der Waals surface area (Å²) in [5.41, 5.74) is 1.16. The molecule has 5 heteroatoms. The zero-order chi connectivity index (χ0) is 13.4. The first-order valence-corrected chi connectivity index (χ1v) is 8.90. The minimum Gasteiger partial charge on any atom is -0.318 e. The molecule has 3 rings (SSSR count). The van der Waals surface area contributed by atoms with Crippen molar-refractivity contribution >= 4 is 66.3 Å². The number of rotatable bonds is 2. The van der Waals surface area contributed by atoms with Gasteiger partial charge in [-0.3, -0.25) is 0 Å². The maximum atomic E-state index is 5.59. The fraction of sp³-hybridized carbons (Fsp3) is 0.429. The standard InChI is InChI=1S/C14H14BrNS3/c15-10-6-3-7-11(8-10)16-12(9-4-1-2-5-9)13(17)19-14(16)18/h3,6-9,12H,1-2,4-5H2. The fourth-order valence-corrected chi connectivity index (χ4v) is 5.46. The van der Waals surface area contributed by atoms with Crippen molar-refractivity contribution < 1.29 is 0 Å². The van der Waals surface area contributed by atoms with Gasteiger partial charge in [0.2, 0.25) is 0 Å². The van der Waals surface area contributed by atoms with Crippen molar-refractivity contribution in [3.8, 4) is 0 Å². The lowest BCUT2D eigenvalue weighted by molar-refractivity contribution is 0.517. The van der Waals surface area contributed by atoms with Crippen molar-refractivity contribution in [2.75, 3.05) is 4.90 Å². The lowest BCUT2D eigenvalue weighted by Gasteiger charge is -2.29. The lowest BCUT2D eigenvalue weighted by atomic mass is 9.98. The number of hydrogen-bond acceptors (Lipinski definition) is 3. The van der Waals surface area contributed by atoms with E-state index in [0.29, 0.717) is 12.0 Å². The molecule has 0 radical (unpaired) electrons. The van der Waals surface area contributed by atoms with E-state index < -0.39 is 0 Å². The molecule has 1 saturated heterocycles. The number of halogens is 1. The van der Waals surface area contributed by atoms with Gasteiger partial charge in [-0.05, 0) is 37.0 Å². The van der Waals surface area contributed by atoms with Crippen molar-refractivity contribution in [1.82, 2.24) is 0 Å². The zero-order valence-electron chi connectivity index (χ0n) is 10.3.